The average molecular weight is 319 g/mol. The van der Waals surface area contributed by atoms with Crippen LogP contribution in [0.3, 0.4) is 0 Å². The number of nitrogens with zero attached hydrogens (tertiary/aromatic N) is 3. The van der Waals surface area contributed by atoms with Gasteiger partial charge in [0.2, 0.25) is 5.91 Å². The predicted molar refractivity (Wildman–Crippen MR) is 91.5 cm³/mol. The Kier molecular flexibility index (Phi) is 3.70. The Bertz CT molecular complexity index is 921. The van der Waals surface area contributed by atoms with Crippen molar-refractivity contribution in [2.45, 2.75) is 19.4 Å². The summed E-state index contributed by atoms with van der Waals surface area (Å²) < 4.78 is 1.70. The molecule has 0 bridgehead atoms. The van der Waals surface area contributed by atoms with Crippen LogP contribution >= 0.6 is 0 Å². The summed E-state index contributed by atoms with van der Waals surface area (Å²) in [6, 6.07) is 9.95. The number of carbonyl (C=O) groups is 1. The van der Waals surface area contributed by atoms with Gasteiger partial charge in [0.25, 0.3) is 0 Å². The molecule has 4 aromatic rings. The van der Waals surface area contributed by atoms with Crippen LogP contribution in [0.5, 0.6) is 0 Å². The van der Waals surface area contributed by atoms with E-state index >= 15 is 0 Å². The molecule has 120 valence electrons. The fourth-order valence-electron chi connectivity index (χ4n) is 2.87. The van der Waals surface area contributed by atoms with Crippen molar-refractivity contribution in [3.63, 3.8) is 0 Å². The van der Waals surface area contributed by atoms with E-state index in [1.807, 2.05) is 36.7 Å². The number of amides is 1. The topological polar surface area (TPSA) is 75.1 Å². The van der Waals surface area contributed by atoms with Crippen LogP contribution in [0.1, 0.15) is 17.5 Å². The predicted octanol–water partition coefficient (Wildman–Crippen LogP) is 2.46. The van der Waals surface area contributed by atoms with E-state index in [1.54, 1.807) is 16.9 Å². The van der Waals surface area contributed by atoms with Crippen molar-refractivity contribution in [3.8, 4) is 0 Å². The van der Waals surface area contributed by atoms with Gasteiger partial charge in [-0.15, -0.1) is 0 Å². The number of aromatic nitrogens is 4. The van der Waals surface area contributed by atoms with Gasteiger partial charge in [-0.3, -0.25) is 4.79 Å². The molecule has 24 heavy (non-hydrogen) atoms. The zero-order chi connectivity index (χ0) is 16.4. The second-order valence-electron chi connectivity index (χ2n) is 5.69. The van der Waals surface area contributed by atoms with E-state index in [1.165, 1.54) is 10.9 Å². The SMILES string of the molecule is O=C(CCc1c[nH]c2ccccc12)NCc1cnn2cccnc12. The minimum atomic E-state index is 0.0237. The fourth-order valence-corrected chi connectivity index (χ4v) is 2.87. The molecule has 3 aromatic heterocycles. The highest BCUT2D eigenvalue weighted by Gasteiger charge is 2.09. The summed E-state index contributed by atoms with van der Waals surface area (Å²) in [5, 5.41) is 8.34. The molecular weight excluding hydrogens is 302 g/mol. The van der Waals surface area contributed by atoms with E-state index in [-0.39, 0.29) is 5.91 Å². The molecule has 0 aliphatic rings. The van der Waals surface area contributed by atoms with Gasteiger partial charge in [0.05, 0.1) is 6.20 Å². The molecule has 0 radical (unpaired) electrons. The normalized spacial score (nSPS) is 11.2. The smallest absolute Gasteiger partial charge is 0.220 e. The first-order valence-electron chi connectivity index (χ1n) is 7.90. The van der Waals surface area contributed by atoms with Crippen LogP contribution in [0.15, 0.2) is 55.1 Å². The zero-order valence-electron chi connectivity index (χ0n) is 13.1. The largest absolute Gasteiger partial charge is 0.361 e. The van der Waals surface area contributed by atoms with Gasteiger partial charge in [0.1, 0.15) is 0 Å². The third kappa shape index (κ3) is 2.74. The average Bonchev–Trinajstić information content (AvgIpc) is 3.22. The van der Waals surface area contributed by atoms with Crippen LogP contribution in [0, 0.1) is 0 Å². The van der Waals surface area contributed by atoms with E-state index in [0.29, 0.717) is 19.4 Å². The van der Waals surface area contributed by atoms with Gasteiger partial charge in [-0.25, -0.2) is 9.50 Å². The number of nitrogens with one attached hydrogen (secondary N) is 2. The molecule has 0 aliphatic carbocycles. The van der Waals surface area contributed by atoms with E-state index in [4.69, 9.17) is 0 Å². The molecule has 0 spiro atoms. The molecule has 2 N–H and O–H groups in total. The summed E-state index contributed by atoms with van der Waals surface area (Å²) in [7, 11) is 0. The molecular formula is C18H17N5O. The van der Waals surface area contributed by atoms with Crippen molar-refractivity contribution in [1.82, 2.24) is 24.9 Å². The monoisotopic (exact) mass is 319 g/mol. The second kappa shape index (κ2) is 6.16. The van der Waals surface area contributed by atoms with Gasteiger partial charge >= 0.3 is 0 Å². The first-order chi connectivity index (χ1) is 11.8. The van der Waals surface area contributed by atoms with Crippen LogP contribution in [0.4, 0.5) is 0 Å². The lowest BCUT2D eigenvalue weighted by Gasteiger charge is -2.04. The van der Waals surface area contributed by atoms with E-state index < -0.39 is 0 Å². The lowest BCUT2D eigenvalue weighted by molar-refractivity contribution is -0.121. The standard InChI is InChI=1S/C18H17N5O/c24-17(7-6-13-10-20-16-5-2-1-4-15(13)16)21-11-14-12-22-23-9-3-8-19-18(14)23/h1-5,8-10,12,20H,6-7,11H2,(H,21,24). The van der Waals surface area contributed by atoms with Crippen molar-refractivity contribution in [2.75, 3.05) is 0 Å². The Morgan fingerprint density at radius 2 is 2.12 bits per heavy atom. The summed E-state index contributed by atoms with van der Waals surface area (Å²) in [6.07, 6.45) is 8.44. The molecule has 6 heteroatoms. The van der Waals surface area contributed by atoms with Gasteiger partial charge in [-0.05, 0) is 24.1 Å². The Labute approximate surface area is 138 Å². The highest BCUT2D eigenvalue weighted by Crippen LogP contribution is 2.18. The summed E-state index contributed by atoms with van der Waals surface area (Å²) in [5.41, 5.74) is 3.95. The van der Waals surface area contributed by atoms with Gasteiger partial charge < -0.3 is 10.3 Å². The number of hydrogen-bond donors (Lipinski definition) is 2. The van der Waals surface area contributed by atoms with Gasteiger partial charge in [0, 0.05) is 48.0 Å². The van der Waals surface area contributed by atoms with Crippen molar-refractivity contribution >= 4 is 22.5 Å². The molecule has 0 fully saturated rings. The van der Waals surface area contributed by atoms with Crippen LogP contribution < -0.4 is 5.32 Å². The number of aryl methyl sites for hydroxylation is 1. The van der Waals surface area contributed by atoms with Gasteiger partial charge in [0.15, 0.2) is 5.65 Å². The number of hydrogen-bond acceptors (Lipinski definition) is 3. The maximum Gasteiger partial charge on any atom is 0.220 e. The first-order valence-corrected chi connectivity index (χ1v) is 7.90. The number of rotatable bonds is 5. The lowest BCUT2D eigenvalue weighted by atomic mass is 10.1. The van der Waals surface area contributed by atoms with E-state index in [2.05, 4.69) is 26.4 Å². The molecule has 1 aromatic carbocycles. The molecule has 0 aliphatic heterocycles. The van der Waals surface area contributed by atoms with Crippen molar-refractivity contribution < 1.29 is 4.79 Å². The lowest BCUT2D eigenvalue weighted by Crippen LogP contribution is -2.23. The number of benzene rings is 1. The zero-order valence-corrected chi connectivity index (χ0v) is 13.1. The third-order valence-corrected chi connectivity index (χ3v) is 4.12. The van der Waals surface area contributed by atoms with Crippen molar-refractivity contribution in [1.29, 1.82) is 0 Å². The van der Waals surface area contributed by atoms with E-state index in [0.717, 1.165) is 16.7 Å². The Balaban J connectivity index is 1.37. The summed E-state index contributed by atoms with van der Waals surface area (Å²) in [5.74, 6) is 0.0237. The molecule has 0 saturated carbocycles. The Hall–Kier alpha value is -3.15. The van der Waals surface area contributed by atoms with Crippen molar-refractivity contribution in [2.24, 2.45) is 0 Å². The number of H-pyrrole nitrogens is 1. The Morgan fingerprint density at radius 3 is 3.08 bits per heavy atom. The number of para-hydroxylation sites is 1. The molecule has 0 saturated heterocycles. The van der Waals surface area contributed by atoms with Crippen LogP contribution in [0.2, 0.25) is 0 Å². The van der Waals surface area contributed by atoms with Crippen LogP contribution in [-0.4, -0.2) is 25.5 Å². The summed E-state index contributed by atoms with van der Waals surface area (Å²) in [6.45, 7) is 0.438. The molecule has 1 amide bonds. The van der Waals surface area contributed by atoms with Gasteiger partial charge in [-0.2, -0.15) is 5.10 Å². The van der Waals surface area contributed by atoms with Crippen LogP contribution in [-0.2, 0) is 17.8 Å². The molecule has 6 nitrogen and oxygen atoms in total. The maximum absolute atomic E-state index is 12.1. The van der Waals surface area contributed by atoms with E-state index in [9.17, 15) is 4.79 Å². The fraction of sp³-hybridized carbons (Fsp3) is 0.167. The molecule has 0 atom stereocenters. The van der Waals surface area contributed by atoms with Gasteiger partial charge in [-0.1, -0.05) is 18.2 Å². The minimum absolute atomic E-state index is 0.0237. The molecule has 0 unspecified atom stereocenters. The Morgan fingerprint density at radius 1 is 1.21 bits per heavy atom. The second-order valence-corrected chi connectivity index (χ2v) is 5.69. The summed E-state index contributed by atoms with van der Waals surface area (Å²) >= 11 is 0. The third-order valence-electron chi connectivity index (χ3n) is 4.12. The highest BCUT2D eigenvalue weighted by molar-refractivity contribution is 5.84. The highest BCUT2D eigenvalue weighted by atomic mass is 16.1. The van der Waals surface area contributed by atoms with Crippen LogP contribution in [0.25, 0.3) is 16.6 Å². The number of aromatic amines is 1. The van der Waals surface area contributed by atoms with Crippen molar-refractivity contribution in [3.05, 3.63) is 66.2 Å². The minimum Gasteiger partial charge on any atom is -0.361 e. The quantitative estimate of drug-likeness (QED) is 0.593. The first kappa shape index (κ1) is 14.4. The summed E-state index contributed by atoms with van der Waals surface area (Å²) in [4.78, 5) is 19.7. The number of fused-ring (bicyclic) bond motifs is 2. The maximum atomic E-state index is 12.1. The molecule has 3 heterocycles. The molecule has 4 rings (SSSR count). The number of carbonyl (C=O) groups excluding carboxylic acids is 1.